The van der Waals surface area contributed by atoms with E-state index in [9.17, 15) is 9.59 Å². The molecule has 0 spiro atoms. The van der Waals surface area contributed by atoms with Gasteiger partial charge in [-0.3, -0.25) is 9.59 Å². The number of nitrogens with two attached hydrogens (primary N) is 1. The normalized spacial score (nSPS) is 19.9. The van der Waals surface area contributed by atoms with Crippen molar-refractivity contribution in [3.05, 3.63) is 63.5 Å². The number of aromatic nitrogens is 5. The van der Waals surface area contributed by atoms with Crippen molar-refractivity contribution in [3.63, 3.8) is 0 Å². The fraction of sp³-hybridized carbons (Fsp3) is 0.435. The van der Waals surface area contributed by atoms with Gasteiger partial charge in [0, 0.05) is 30.0 Å². The van der Waals surface area contributed by atoms with Gasteiger partial charge in [-0.15, -0.1) is 17.5 Å². The molecule has 0 radical (unpaired) electrons. The summed E-state index contributed by atoms with van der Waals surface area (Å²) in [4.78, 5) is 23.5. The third-order valence-corrected chi connectivity index (χ3v) is 6.57. The fourth-order valence-electron chi connectivity index (χ4n) is 4.46. The van der Waals surface area contributed by atoms with E-state index >= 15 is 0 Å². The van der Waals surface area contributed by atoms with Crippen LogP contribution in [0.1, 0.15) is 44.2 Å². The number of carbonyl (C=O) groups excluding carboxylic acids is 1. The average Bonchev–Trinajstić information content (AvgIpc) is 3.28. The summed E-state index contributed by atoms with van der Waals surface area (Å²) in [5.74, 6) is -0.342. The molecule has 0 saturated heterocycles. The number of halogens is 2. The number of esters is 1. The van der Waals surface area contributed by atoms with Crippen molar-refractivity contribution in [2.45, 2.75) is 50.6 Å². The molecule has 11 heteroatoms. The van der Waals surface area contributed by atoms with E-state index in [4.69, 9.17) is 22.1 Å². The average molecular weight is 507 g/mol. The zero-order chi connectivity index (χ0) is 23.4. The number of benzene rings is 1. The summed E-state index contributed by atoms with van der Waals surface area (Å²) in [5.41, 5.74) is 8.20. The summed E-state index contributed by atoms with van der Waals surface area (Å²) < 4.78 is 8.08. The molecule has 1 aliphatic rings. The standard InChI is InChI=1S/C23H27ClN6O3.ClH/c1-16(31)33-12-11-29-14-21(26-28-29)20-5-6-22(32)30(27-20)19-7-9-23(15-25,10-8-19)17-3-2-4-18(24)13-17;/h2-6,13-14,19H,7-12,15,25H2,1H3;1H. The topological polar surface area (TPSA) is 118 Å². The Morgan fingerprint density at radius 1 is 1.24 bits per heavy atom. The Hall–Kier alpha value is -2.75. The molecule has 1 aliphatic carbocycles. The zero-order valence-electron chi connectivity index (χ0n) is 18.9. The van der Waals surface area contributed by atoms with Gasteiger partial charge in [0.2, 0.25) is 0 Å². The zero-order valence-corrected chi connectivity index (χ0v) is 20.5. The van der Waals surface area contributed by atoms with Crippen LogP contribution in [0.15, 0.2) is 47.4 Å². The summed E-state index contributed by atoms with van der Waals surface area (Å²) in [5, 5.41) is 13.5. The molecule has 2 N–H and O–H groups in total. The first-order chi connectivity index (χ1) is 15.9. The van der Waals surface area contributed by atoms with Gasteiger partial charge in [-0.1, -0.05) is 28.9 Å². The van der Waals surface area contributed by atoms with Crippen LogP contribution in [-0.4, -0.2) is 43.9 Å². The quantitative estimate of drug-likeness (QED) is 0.488. The molecule has 0 amide bonds. The van der Waals surface area contributed by atoms with E-state index < -0.39 is 0 Å². The molecular weight excluding hydrogens is 479 g/mol. The molecule has 9 nitrogen and oxygen atoms in total. The van der Waals surface area contributed by atoms with Crippen LogP contribution in [0.3, 0.4) is 0 Å². The number of nitrogens with zero attached hydrogens (tertiary/aromatic N) is 5. The van der Waals surface area contributed by atoms with Crippen LogP contribution in [0.4, 0.5) is 0 Å². The van der Waals surface area contributed by atoms with Crippen LogP contribution in [-0.2, 0) is 21.5 Å². The smallest absolute Gasteiger partial charge is 0.302 e. The first-order valence-corrected chi connectivity index (χ1v) is 11.4. The summed E-state index contributed by atoms with van der Waals surface area (Å²) >= 11 is 6.22. The fourth-order valence-corrected chi connectivity index (χ4v) is 4.65. The van der Waals surface area contributed by atoms with Crippen LogP contribution in [0.5, 0.6) is 0 Å². The van der Waals surface area contributed by atoms with Crippen LogP contribution >= 0.6 is 24.0 Å². The molecule has 0 atom stereocenters. The Morgan fingerprint density at radius 3 is 2.68 bits per heavy atom. The van der Waals surface area contributed by atoms with Gasteiger partial charge in [-0.25, -0.2) is 9.36 Å². The van der Waals surface area contributed by atoms with Crippen molar-refractivity contribution in [1.82, 2.24) is 24.8 Å². The minimum atomic E-state index is -0.342. The van der Waals surface area contributed by atoms with Gasteiger partial charge in [0.25, 0.3) is 5.56 Å². The maximum atomic E-state index is 12.6. The second-order valence-electron chi connectivity index (χ2n) is 8.43. The van der Waals surface area contributed by atoms with E-state index in [0.717, 1.165) is 31.2 Å². The highest BCUT2D eigenvalue weighted by Crippen LogP contribution is 2.42. The van der Waals surface area contributed by atoms with E-state index in [1.54, 1.807) is 21.6 Å². The Labute approximate surface area is 208 Å². The Balaban J connectivity index is 0.00000324. The third-order valence-electron chi connectivity index (χ3n) is 6.34. The van der Waals surface area contributed by atoms with Crippen molar-refractivity contribution in [2.24, 2.45) is 5.73 Å². The second-order valence-corrected chi connectivity index (χ2v) is 8.87. The van der Waals surface area contributed by atoms with Gasteiger partial charge in [0.1, 0.15) is 18.0 Å². The summed E-state index contributed by atoms with van der Waals surface area (Å²) in [7, 11) is 0. The lowest BCUT2D eigenvalue weighted by Crippen LogP contribution is -2.41. The molecule has 0 unspecified atom stereocenters. The maximum absolute atomic E-state index is 12.6. The predicted octanol–water partition coefficient (Wildman–Crippen LogP) is 3.15. The predicted molar refractivity (Wildman–Crippen MR) is 131 cm³/mol. The summed E-state index contributed by atoms with van der Waals surface area (Å²) in [6.45, 7) is 2.48. The van der Waals surface area contributed by atoms with Gasteiger partial charge >= 0.3 is 5.97 Å². The SMILES string of the molecule is CC(=O)OCCn1cc(-c2ccc(=O)n(C3CCC(CN)(c4cccc(Cl)c4)CC3)n2)nn1.Cl. The van der Waals surface area contributed by atoms with Crippen LogP contribution in [0.2, 0.25) is 5.02 Å². The van der Waals surface area contributed by atoms with Crippen LogP contribution < -0.4 is 11.3 Å². The molecule has 1 saturated carbocycles. The third kappa shape index (κ3) is 5.65. The molecular formula is C23H28Cl2N6O3. The molecule has 2 heterocycles. The highest BCUT2D eigenvalue weighted by atomic mass is 35.5. The van der Waals surface area contributed by atoms with Crippen molar-refractivity contribution >= 4 is 30.0 Å². The molecule has 1 fully saturated rings. The molecule has 182 valence electrons. The summed E-state index contributed by atoms with van der Waals surface area (Å²) in [6, 6.07) is 11.0. The Kier molecular flexibility index (Phi) is 8.46. The lowest BCUT2D eigenvalue weighted by molar-refractivity contribution is -0.141. The lowest BCUT2D eigenvalue weighted by Gasteiger charge is -2.40. The monoisotopic (exact) mass is 506 g/mol. The maximum Gasteiger partial charge on any atom is 0.302 e. The molecule has 0 aliphatic heterocycles. The van der Waals surface area contributed by atoms with Crippen LogP contribution in [0.25, 0.3) is 11.4 Å². The van der Waals surface area contributed by atoms with E-state index in [2.05, 4.69) is 21.5 Å². The molecule has 1 aromatic carbocycles. The molecule has 34 heavy (non-hydrogen) atoms. The van der Waals surface area contributed by atoms with Gasteiger partial charge in [0.15, 0.2) is 0 Å². The molecule has 3 aromatic rings. The Bertz CT molecular complexity index is 1190. The van der Waals surface area contributed by atoms with Gasteiger partial charge in [-0.05, 0) is 49.4 Å². The van der Waals surface area contributed by atoms with E-state index in [0.29, 0.717) is 29.5 Å². The number of carbonyl (C=O) groups is 1. The largest absolute Gasteiger partial charge is 0.464 e. The lowest BCUT2D eigenvalue weighted by atomic mass is 9.68. The van der Waals surface area contributed by atoms with Crippen LogP contribution in [0, 0.1) is 0 Å². The summed E-state index contributed by atoms with van der Waals surface area (Å²) in [6.07, 6.45) is 4.99. The highest BCUT2D eigenvalue weighted by Gasteiger charge is 2.37. The van der Waals surface area contributed by atoms with Crippen molar-refractivity contribution in [2.75, 3.05) is 13.2 Å². The second kappa shape index (κ2) is 11.1. The van der Waals surface area contributed by atoms with Gasteiger partial charge < -0.3 is 10.5 Å². The van der Waals surface area contributed by atoms with E-state index in [-0.39, 0.29) is 42.0 Å². The first-order valence-electron chi connectivity index (χ1n) is 11.0. The van der Waals surface area contributed by atoms with Gasteiger partial charge in [-0.2, -0.15) is 5.10 Å². The van der Waals surface area contributed by atoms with E-state index in [1.807, 2.05) is 18.2 Å². The number of hydrogen-bond acceptors (Lipinski definition) is 7. The van der Waals surface area contributed by atoms with Crippen molar-refractivity contribution in [1.29, 1.82) is 0 Å². The number of ether oxygens (including phenoxy) is 1. The number of hydrogen-bond donors (Lipinski definition) is 1. The van der Waals surface area contributed by atoms with Gasteiger partial charge in [0.05, 0.1) is 18.8 Å². The van der Waals surface area contributed by atoms with Crippen molar-refractivity contribution < 1.29 is 9.53 Å². The minimum absolute atomic E-state index is 0. The Morgan fingerprint density at radius 2 is 2.00 bits per heavy atom. The number of rotatable bonds is 7. The molecule has 0 bridgehead atoms. The molecule has 2 aromatic heterocycles. The highest BCUT2D eigenvalue weighted by molar-refractivity contribution is 6.30. The van der Waals surface area contributed by atoms with E-state index in [1.165, 1.54) is 13.0 Å². The van der Waals surface area contributed by atoms with Crippen molar-refractivity contribution in [3.8, 4) is 11.4 Å². The first kappa shape index (κ1) is 25.9. The molecule has 4 rings (SSSR count). The minimum Gasteiger partial charge on any atom is -0.464 e.